The number of hydrogen-bond acceptors (Lipinski definition) is 6. The summed E-state index contributed by atoms with van der Waals surface area (Å²) in [6, 6.07) is 18.6. The lowest BCUT2D eigenvalue weighted by Gasteiger charge is -2.25. The highest BCUT2D eigenvalue weighted by Crippen LogP contribution is 2.37. The van der Waals surface area contributed by atoms with E-state index in [9.17, 15) is 13.2 Å². The van der Waals surface area contributed by atoms with Crippen LogP contribution in [0.3, 0.4) is 0 Å². The molecule has 1 aromatic heterocycles. The molecule has 44 heavy (non-hydrogen) atoms. The predicted octanol–water partition coefficient (Wildman–Crippen LogP) is 7.38. The Morgan fingerprint density at radius 2 is 1.84 bits per heavy atom. The first-order valence-corrected chi connectivity index (χ1v) is 14.8. The number of anilines is 1. The maximum Gasteiger partial charge on any atom is 0.573 e. The van der Waals surface area contributed by atoms with Crippen molar-refractivity contribution >= 4 is 46.2 Å². The number of halogens is 4. The van der Waals surface area contributed by atoms with Crippen molar-refractivity contribution in [2.75, 3.05) is 10.7 Å². The quantitative estimate of drug-likeness (QED) is 0.0742. The Kier molecular flexibility index (Phi) is 9.30. The summed E-state index contributed by atoms with van der Waals surface area (Å²) in [6.45, 7) is 6.11. The fourth-order valence-electron chi connectivity index (χ4n) is 4.41. The van der Waals surface area contributed by atoms with Crippen LogP contribution < -0.4 is 15.1 Å². The van der Waals surface area contributed by atoms with Crippen molar-refractivity contribution in [1.29, 1.82) is 0 Å². The van der Waals surface area contributed by atoms with Gasteiger partial charge in [0.25, 0.3) is 0 Å². The highest BCUT2D eigenvalue weighted by atomic mass is 32.2. The minimum atomic E-state index is -4.76. The highest BCUT2D eigenvalue weighted by Gasteiger charge is 2.34. The third-order valence-electron chi connectivity index (χ3n) is 6.47. The normalized spacial score (nSPS) is 16.3. The summed E-state index contributed by atoms with van der Waals surface area (Å²) in [5.74, 6) is 0.563. The molecular formula is C30H27F4N7OS2. The van der Waals surface area contributed by atoms with Crippen LogP contribution in [-0.4, -0.2) is 49.7 Å². The molecule has 1 saturated heterocycles. The molecular weight excluding hydrogens is 615 g/mol. The molecule has 1 aliphatic rings. The molecule has 0 amide bonds. The average Bonchev–Trinajstić information content (AvgIpc) is 3.60. The van der Waals surface area contributed by atoms with Crippen molar-refractivity contribution in [3.8, 4) is 22.8 Å². The number of aromatic nitrogens is 3. The topological polar surface area (TPSA) is 79.9 Å². The first-order chi connectivity index (χ1) is 21.0. The Labute approximate surface area is 260 Å². The van der Waals surface area contributed by atoms with E-state index in [1.165, 1.54) is 47.0 Å². The van der Waals surface area contributed by atoms with Gasteiger partial charge in [0.05, 0.1) is 17.7 Å². The molecule has 1 unspecified atom stereocenters. The molecule has 0 aliphatic carbocycles. The van der Waals surface area contributed by atoms with Gasteiger partial charge in [-0.3, -0.25) is 10.3 Å². The second kappa shape index (κ2) is 13.1. The number of ether oxygens (including phenoxy) is 1. The van der Waals surface area contributed by atoms with Gasteiger partial charge in [-0.1, -0.05) is 62.0 Å². The van der Waals surface area contributed by atoms with Gasteiger partial charge in [-0.25, -0.2) is 14.1 Å². The number of amidine groups is 1. The summed E-state index contributed by atoms with van der Waals surface area (Å²) < 4.78 is 57.6. The van der Waals surface area contributed by atoms with E-state index < -0.39 is 12.7 Å². The van der Waals surface area contributed by atoms with Crippen LogP contribution in [-0.2, 0) is 0 Å². The van der Waals surface area contributed by atoms with Crippen molar-refractivity contribution < 1.29 is 22.3 Å². The predicted molar refractivity (Wildman–Crippen MR) is 169 cm³/mol. The zero-order chi connectivity index (χ0) is 31.4. The summed E-state index contributed by atoms with van der Waals surface area (Å²) in [6.07, 6.45) is -2.94. The molecule has 228 valence electrons. The molecule has 0 saturated carbocycles. The number of alkyl halides is 4. The number of thioether (sulfide) groups is 1. The molecule has 8 nitrogen and oxygen atoms in total. The molecule has 5 rings (SSSR count). The molecule has 0 spiro atoms. The fourth-order valence-corrected chi connectivity index (χ4v) is 5.55. The van der Waals surface area contributed by atoms with E-state index >= 15 is 4.39 Å². The van der Waals surface area contributed by atoms with Crippen molar-refractivity contribution in [1.82, 2.24) is 20.2 Å². The van der Waals surface area contributed by atoms with Crippen LogP contribution in [0.2, 0.25) is 0 Å². The third kappa shape index (κ3) is 7.61. The second-order valence-corrected chi connectivity index (χ2v) is 11.5. The summed E-state index contributed by atoms with van der Waals surface area (Å²) in [4.78, 5) is 10.3. The zero-order valence-corrected chi connectivity index (χ0v) is 25.4. The van der Waals surface area contributed by atoms with Gasteiger partial charge in [-0.2, -0.15) is 10.1 Å². The first-order valence-electron chi connectivity index (χ1n) is 13.4. The number of aliphatic imine (C=N–C) groups is 1. The molecule has 2 heterocycles. The lowest BCUT2D eigenvalue weighted by atomic mass is 9.99. The molecule has 1 atom stereocenters. The maximum absolute atomic E-state index is 15.0. The van der Waals surface area contributed by atoms with Gasteiger partial charge < -0.3 is 4.74 Å². The standard InChI is InChI=1S/C30H27F4N7OS2/c1-18(2)24-13-4-19(3)14-25(24)41-26(31)16-44-29(41)37-28(43)38-36-15-20-5-7-21(8-6-20)27-35-17-40(39-27)22-9-11-23(12-10-22)42-30(32,33)34/h4-15,17-18,26H,16H2,1-3H3,(H,38,43)/b36-15+,37-29?. The number of thiocarbonyl (C=S) groups is 1. The van der Waals surface area contributed by atoms with E-state index in [1.807, 2.05) is 49.4 Å². The lowest BCUT2D eigenvalue weighted by Crippen LogP contribution is -2.32. The average molecular weight is 642 g/mol. The Bertz CT molecular complexity index is 1690. The second-order valence-electron chi connectivity index (χ2n) is 10.1. The molecule has 1 fully saturated rings. The fraction of sp³-hybridized carbons (Fsp3) is 0.233. The van der Waals surface area contributed by atoms with Gasteiger partial charge in [-0.15, -0.1) is 18.3 Å². The molecule has 3 aromatic carbocycles. The minimum absolute atomic E-state index is 0.103. The highest BCUT2D eigenvalue weighted by molar-refractivity contribution is 8.14. The summed E-state index contributed by atoms with van der Waals surface area (Å²) in [5, 5.41) is 9.15. The Morgan fingerprint density at radius 1 is 1.11 bits per heavy atom. The van der Waals surface area contributed by atoms with Crippen LogP contribution in [0.25, 0.3) is 17.1 Å². The number of hydrazone groups is 1. The van der Waals surface area contributed by atoms with E-state index in [-0.39, 0.29) is 22.5 Å². The number of nitrogens with zero attached hydrogens (tertiary/aromatic N) is 6. The van der Waals surface area contributed by atoms with Crippen LogP contribution in [0.4, 0.5) is 23.2 Å². The van der Waals surface area contributed by atoms with Gasteiger partial charge in [0.15, 0.2) is 17.3 Å². The third-order valence-corrected chi connectivity index (χ3v) is 7.64. The van der Waals surface area contributed by atoms with E-state index in [2.05, 4.69) is 44.2 Å². The zero-order valence-electron chi connectivity index (χ0n) is 23.8. The van der Waals surface area contributed by atoms with E-state index in [0.717, 1.165) is 27.9 Å². The number of hydrogen-bond donors (Lipinski definition) is 1. The van der Waals surface area contributed by atoms with E-state index in [4.69, 9.17) is 12.2 Å². The largest absolute Gasteiger partial charge is 0.573 e. The number of nitrogens with one attached hydrogen (secondary N) is 1. The van der Waals surface area contributed by atoms with Crippen molar-refractivity contribution in [3.63, 3.8) is 0 Å². The van der Waals surface area contributed by atoms with Crippen LogP contribution in [0, 0.1) is 6.92 Å². The van der Waals surface area contributed by atoms with Crippen LogP contribution >= 0.6 is 24.0 Å². The van der Waals surface area contributed by atoms with Gasteiger partial charge in [0.2, 0.25) is 5.11 Å². The maximum atomic E-state index is 15.0. The van der Waals surface area contributed by atoms with Gasteiger partial charge in [0.1, 0.15) is 12.1 Å². The summed E-state index contributed by atoms with van der Waals surface area (Å²) >= 11 is 6.67. The first kappa shape index (κ1) is 31.1. The minimum Gasteiger partial charge on any atom is -0.406 e. The monoisotopic (exact) mass is 641 g/mol. The Morgan fingerprint density at radius 3 is 2.52 bits per heavy atom. The van der Waals surface area contributed by atoms with Crippen LogP contribution in [0.5, 0.6) is 5.75 Å². The van der Waals surface area contributed by atoms with Crippen LogP contribution in [0.15, 0.2) is 83.2 Å². The van der Waals surface area contributed by atoms with Crippen LogP contribution in [0.1, 0.15) is 36.5 Å². The van der Waals surface area contributed by atoms with E-state index in [1.54, 1.807) is 11.1 Å². The summed E-state index contributed by atoms with van der Waals surface area (Å²) in [5.41, 5.74) is 7.59. The number of benzene rings is 3. The van der Waals surface area contributed by atoms with E-state index in [0.29, 0.717) is 16.7 Å². The molecule has 0 bridgehead atoms. The molecule has 4 aromatic rings. The summed E-state index contributed by atoms with van der Waals surface area (Å²) in [7, 11) is 0. The van der Waals surface area contributed by atoms with Crippen molar-refractivity contribution in [2.24, 2.45) is 10.1 Å². The molecule has 0 radical (unpaired) electrons. The lowest BCUT2D eigenvalue weighted by molar-refractivity contribution is -0.274. The number of aryl methyl sites for hydroxylation is 1. The number of rotatable bonds is 7. The Balaban J connectivity index is 1.21. The molecule has 1 N–H and O–H groups in total. The SMILES string of the molecule is Cc1ccc(C(C)C)c(N2C(=NC(=S)N/N=C/c3ccc(-c4ncn(-c5ccc(OC(F)(F)F)cc5)n4)cc3)SCC2F)c1. The Hall–Kier alpha value is -4.30. The van der Waals surface area contributed by atoms with Crippen molar-refractivity contribution in [3.05, 3.63) is 89.7 Å². The van der Waals surface area contributed by atoms with Gasteiger partial charge in [0, 0.05) is 11.3 Å². The molecule has 1 aliphatic heterocycles. The van der Waals surface area contributed by atoms with Gasteiger partial charge >= 0.3 is 6.36 Å². The van der Waals surface area contributed by atoms with Crippen molar-refractivity contribution in [2.45, 2.75) is 39.3 Å². The molecule has 14 heteroatoms. The van der Waals surface area contributed by atoms with Gasteiger partial charge in [-0.05, 0) is 72.1 Å². The smallest absolute Gasteiger partial charge is 0.406 e.